The average Bonchev–Trinajstić information content (AvgIpc) is 1.85. The minimum Gasteiger partial charge on any atom is -0.293 e. The van der Waals surface area contributed by atoms with Crippen LogP contribution in [0.2, 0.25) is 0 Å². The van der Waals surface area contributed by atoms with Crippen LogP contribution in [-0.2, 0) is 4.79 Å². The third-order valence-electron chi connectivity index (χ3n) is 0.751. The molecule has 0 bridgehead atoms. The van der Waals surface area contributed by atoms with Gasteiger partial charge in [-0.25, -0.2) is 0 Å². The standard InChI is InChI=1S/C4H8N3OP/c5-7-6-4(8)2-1-3-9/h1-3,9H2. The lowest BCUT2D eigenvalue weighted by atomic mass is 10.3. The van der Waals surface area contributed by atoms with Crippen molar-refractivity contribution >= 4 is 15.1 Å². The van der Waals surface area contributed by atoms with Crippen molar-refractivity contribution in [3.05, 3.63) is 10.4 Å². The van der Waals surface area contributed by atoms with E-state index in [-0.39, 0.29) is 5.91 Å². The van der Waals surface area contributed by atoms with E-state index >= 15 is 0 Å². The summed E-state index contributed by atoms with van der Waals surface area (Å²) in [6.07, 6.45) is 1.99. The van der Waals surface area contributed by atoms with Crippen LogP contribution in [0.1, 0.15) is 12.8 Å². The van der Waals surface area contributed by atoms with Crippen molar-refractivity contribution in [2.75, 3.05) is 6.16 Å². The zero-order valence-corrected chi connectivity index (χ0v) is 6.10. The van der Waals surface area contributed by atoms with E-state index in [0.29, 0.717) is 6.42 Å². The van der Waals surface area contributed by atoms with E-state index < -0.39 is 0 Å². The molecule has 0 aliphatic heterocycles. The molecule has 9 heavy (non-hydrogen) atoms. The predicted molar refractivity (Wildman–Crippen MR) is 38.0 cm³/mol. The van der Waals surface area contributed by atoms with Crippen molar-refractivity contribution in [3.63, 3.8) is 0 Å². The van der Waals surface area contributed by atoms with Crippen LogP contribution in [0.25, 0.3) is 10.4 Å². The molecule has 0 saturated heterocycles. The monoisotopic (exact) mass is 145 g/mol. The Balaban J connectivity index is 3.39. The van der Waals surface area contributed by atoms with E-state index in [9.17, 15) is 4.79 Å². The van der Waals surface area contributed by atoms with E-state index in [0.717, 1.165) is 12.6 Å². The highest BCUT2D eigenvalue weighted by atomic mass is 31.0. The molecule has 1 atom stereocenters. The van der Waals surface area contributed by atoms with Crippen molar-refractivity contribution in [1.29, 1.82) is 0 Å². The molecule has 0 heterocycles. The van der Waals surface area contributed by atoms with Gasteiger partial charge in [0.15, 0.2) is 0 Å². The molecule has 4 nitrogen and oxygen atoms in total. The first-order valence-electron chi connectivity index (χ1n) is 2.59. The van der Waals surface area contributed by atoms with Gasteiger partial charge < -0.3 is 0 Å². The predicted octanol–water partition coefficient (Wildman–Crippen LogP) is 1.48. The molecule has 0 aliphatic carbocycles. The number of hydrogen-bond donors (Lipinski definition) is 0. The van der Waals surface area contributed by atoms with Crippen LogP contribution in [0.5, 0.6) is 0 Å². The molecule has 0 aromatic heterocycles. The molecule has 0 fully saturated rings. The molecular weight excluding hydrogens is 137 g/mol. The first-order chi connectivity index (χ1) is 4.31. The van der Waals surface area contributed by atoms with Crippen LogP contribution in [0.4, 0.5) is 0 Å². The third kappa shape index (κ3) is 5.28. The number of amides is 1. The zero-order chi connectivity index (χ0) is 7.11. The number of carbonyl (C=O) groups excluding carboxylic acids is 1. The molecule has 0 aromatic carbocycles. The summed E-state index contributed by atoms with van der Waals surface area (Å²) in [6, 6.07) is 0. The fraction of sp³-hybridized carbons (Fsp3) is 0.750. The van der Waals surface area contributed by atoms with Crippen molar-refractivity contribution in [1.82, 2.24) is 0 Å². The van der Waals surface area contributed by atoms with E-state index in [1.807, 2.05) is 0 Å². The zero-order valence-electron chi connectivity index (χ0n) is 4.95. The van der Waals surface area contributed by atoms with Crippen LogP contribution in [0.15, 0.2) is 5.11 Å². The summed E-state index contributed by atoms with van der Waals surface area (Å²) in [4.78, 5) is 12.7. The number of azide groups is 1. The summed E-state index contributed by atoms with van der Waals surface area (Å²) in [6.45, 7) is 0. The van der Waals surface area contributed by atoms with Crippen molar-refractivity contribution < 1.29 is 4.79 Å². The van der Waals surface area contributed by atoms with Gasteiger partial charge in [0, 0.05) is 11.3 Å². The van der Waals surface area contributed by atoms with E-state index in [1.165, 1.54) is 0 Å². The maximum atomic E-state index is 10.4. The van der Waals surface area contributed by atoms with Crippen molar-refractivity contribution in [2.24, 2.45) is 5.11 Å². The van der Waals surface area contributed by atoms with Crippen molar-refractivity contribution in [2.45, 2.75) is 12.8 Å². The molecule has 0 N–H and O–H groups in total. The Labute approximate surface area is 55.5 Å². The first-order valence-corrected chi connectivity index (χ1v) is 3.41. The van der Waals surface area contributed by atoms with Crippen LogP contribution in [0, 0.1) is 0 Å². The number of carbonyl (C=O) groups is 1. The number of rotatable bonds is 3. The maximum absolute atomic E-state index is 10.4. The van der Waals surface area contributed by atoms with Crippen LogP contribution in [0.3, 0.4) is 0 Å². The second kappa shape index (κ2) is 5.54. The lowest BCUT2D eigenvalue weighted by Gasteiger charge is -1.86. The molecule has 0 radical (unpaired) electrons. The molecule has 5 heteroatoms. The topological polar surface area (TPSA) is 65.8 Å². The van der Waals surface area contributed by atoms with E-state index in [4.69, 9.17) is 5.53 Å². The van der Waals surface area contributed by atoms with Crippen LogP contribution >= 0.6 is 9.24 Å². The second-order valence-electron chi connectivity index (χ2n) is 1.48. The molecule has 1 amide bonds. The lowest BCUT2D eigenvalue weighted by molar-refractivity contribution is -0.117. The SMILES string of the molecule is [N-]=[N+]=NC(=O)CCCP. The Hall–Kier alpha value is -0.590. The number of hydrogen-bond acceptors (Lipinski definition) is 1. The quantitative estimate of drug-likeness (QED) is 0.256. The summed E-state index contributed by atoms with van der Waals surface area (Å²) in [5.74, 6) is -0.375. The molecule has 0 rings (SSSR count). The molecule has 0 saturated carbocycles. The van der Waals surface area contributed by atoms with Gasteiger partial charge in [-0.2, -0.15) is 0 Å². The molecule has 1 unspecified atom stereocenters. The molecule has 50 valence electrons. The summed E-state index contributed by atoms with van der Waals surface area (Å²) < 4.78 is 0. The minimum absolute atomic E-state index is 0.355. The largest absolute Gasteiger partial charge is 0.293 e. The first kappa shape index (κ1) is 8.41. The summed E-state index contributed by atoms with van der Waals surface area (Å²) in [5.41, 5.74) is 7.77. The van der Waals surface area contributed by atoms with E-state index in [1.54, 1.807) is 0 Å². The minimum atomic E-state index is -0.375. The van der Waals surface area contributed by atoms with Crippen molar-refractivity contribution in [3.8, 4) is 0 Å². The smallest absolute Gasteiger partial charge is 0.218 e. The van der Waals surface area contributed by atoms with Gasteiger partial charge >= 0.3 is 0 Å². The van der Waals surface area contributed by atoms with Gasteiger partial charge in [-0.1, -0.05) is 0 Å². The lowest BCUT2D eigenvalue weighted by Crippen LogP contribution is -1.90. The third-order valence-corrected chi connectivity index (χ3v) is 1.16. The fourth-order valence-electron chi connectivity index (χ4n) is 0.353. The highest BCUT2D eigenvalue weighted by Gasteiger charge is 1.93. The maximum Gasteiger partial charge on any atom is 0.218 e. The Morgan fingerprint density at radius 1 is 1.78 bits per heavy atom. The van der Waals surface area contributed by atoms with Gasteiger partial charge in [-0.05, 0) is 23.2 Å². The van der Waals surface area contributed by atoms with Gasteiger partial charge in [-0.3, -0.25) is 4.79 Å². The fourth-order valence-corrected chi connectivity index (χ4v) is 0.557. The highest BCUT2D eigenvalue weighted by molar-refractivity contribution is 7.16. The van der Waals surface area contributed by atoms with E-state index in [2.05, 4.69) is 19.3 Å². The highest BCUT2D eigenvalue weighted by Crippen LogP contribution is 1.95. The summed E-state index contributed by atoms with van der Waals surface area (Å²) >= 11 is 0. The number of nitrogens with zero attached hydrogens (tertiary/aromatic N) is 3. The Kier molecular flexibility index (Phi) is 5.18. The van der Waals surface area contributed by atoms with Gasteiger partial charge in [0.2, 0.25) is 5.91 Å². The average molecular weight is 145 g/mol. The normalized spacial score (nSPS) is 8.11. The van der Waals surface area contributed by atoms with Crippen LogP contribution < -0.4 is 0 Å². The van der Waals surface area contributed by atoms with Gasteiger partial charge in [-0.15, -0.1) is 9.24 Å². The van der Waals surface area contributed by atoms with Crippen LogP contribution in [-0.4, -0.2) is 12.1 Å². The van der Waals surface area contributed by atoms with Gasteiger partial charge in [0.05, 0.1) is 0 Å². The molecule has 0 aliphatic rings. The van der Waals surface area contributed by atoms with Gasteiger partial charge in [0.1, 0.15) is 0 Å². The summed E-state index contributed by atoms with van der Waals surface area (Å²) in [5, 5.41) is 2.89. The Bertz CT molecular complexity index is 141. The Morgan fingerprint density at radius 3 is 2.89 bits per heavy atom. The Morgan fingerprint density at radius 2 is 2.44 bits per heavy atom. The summed E-state index contributed by atoms with van der Waals surface area (Å²) in [7, 11) is 2.49. The van der Waals surface area contributed by atoms with Gasteiger partial charge in [0.25, 0.3) is 0 Å². The molecular formula is C4H8N3OP. The molecule has 0 spiro atoms. The second-order valence-corrected chi connectivity index (χ2v) is 2.05. The molecule has 0 aromatic rings.